The molecule has 0 amide bonds. The molecule has 2 aliphatic heterocycles. The van der Waals surface area contributed by atoms with Gasteiger partial charge in [0, 0.05) is 23.6 Å². The Labute approximate surface area is 140 Å². The quantitative estimate of drug-likeness (QED) is 0.562. The fraction of sp³-hybridized carbons (Fsp3) is 0.500. The molecule has 2 heterocycles. The van der Waals surface area contributed by atoms with Gasteiger partial charge >= 0.3 is 0 Å². The summed E-state index contributed by atoms with van der Waals surface area (Å²) in [4.78, 5) is 0. The van der Waals surface area contributed by atoms with Crippen molar-refractivity contribution in [2.24, 2.45) is 5.73 Å². The Bertz CT molecular complexity index is 539. The van der Waals surface area contributed by atoms with Crippen LogP contribution in [0.2, 0.25) is 0 Å². The van der Waals surface area contributed by atoms with Gasteiger partial charge in [-0.05, 0) is 55.9 Å². The van der Waals surface area contributed by atoms with E-state index in [9.17, 15) is 0 Å². The molecule has 1 unspecified atom stereocenters. The highest BCUT2D eigenvalue weighted by molar-refractivity contribution is 9.10. The number of hydrogen-bond acceptors (Lipinski definition) is 5. The zero-order chi connectivity index (χ0) is 15.4. The third-order valence-corrected chi connectivity index (χ3v) is 4.83. The van der Waals surface area contributed by atoms with E-state index in [1.165, 1.54) is 18.4 Å². The number of halogens is 1. The number of anilines is 2. The van der Waals surface area contributed by atoms with Crippen LogP contribution in [-0.4, -0.2) is 38.3 Å². The van der Waals surface area contributed by atoms with E-state index < -0.39 is 0 Å². The molecule has 1 aromatic rings. The van der Waals surface area contributed by atoms with Crippen molar-refractivity contribution >= 4 is 27.3 Å². The highest BCUT2D eigenvalue weighted by Gasteiger charge is 2.20. The van der Waals surface area contributed by atoms with Gasteiger partial charge in [-0.15, -0.1) is 0 Å². The number of piperidine rings is 1. The summed E-state index contributed by atoms with van der Waals surface area (Å²) in [5, 5.41) is 14.0. The molecule has 0 aliphatic carbocycles. The Morgan fingerprint density at radius 1 is 1.32 bits per heavy atom. The highest BCUT2D eigenvalue weighted by atomic mass is 79.9. The van der Waals surface area contributed by atoms with Crippen molar-refractivity contribution in [3.8, 4) is 0 Å². The first-order valence-corrected chi connectivity index (χ1v) is 8.71. The third kappa shape index (κ3) is 3.74. The molecule has 3 rings (SSSR count). The maximum Gasteiger partial charge on any atom is 0.0676 e. The molecule has 1 atom stereocenters. The smallest absolute Gasteiger partial charge is 0.0676 e. The number of benzene rings is 1. The van der Waals surface area contributed by atoms with Crippen LogP contribution in [0.4, 0.5) is 11.4 Å². The summed E-state index contributed by atoms with van der Waals surface area (Å²) in [6.07, 6.45) is 4.46. The summed E-state index contributed by atoms with van der Waals surface area (Å²) in [5.74, 6) is 0. The number of hydrogen-bond donors (Lipinski definition) is 5. The Morgan fingerprint density at radius 2 is 2.14 bits per heavy atom. The summed E-state index contributed by atoms with van der Waals surface area (Å²) in [6, 6.07) is 7.01. The van der Waals surface area contributed by atoms with Gasteiger partial charge in [-0.1, -0.05) is 15.9 Å². The van der Waals surface area contributed by atoms with Gasteiger partial charge < -0.3 is 27.0 Å². The predicted molar refractivity (Wildman–Crippen MR) is 96.2 cm³/mol. The summed E-state index contributed by atoms with van der Waals surface area (Å²) in [5.41, 5.74) is 9.43. The van der Waals surface area contributed by atoms with Crippen molar-refractivity contribution in [1.82, 2.24) is 10.6 Å². The summed E-state index contributed by atoms with van der Waals surface area (Å²) in [7, 11) is 0. The minimum Gasteiger partial charge on any atom is -0.388 e. The van der Waals surface area contributed by atoms with Crippen molar-refractivity contribution < 1.29 is 0 Å². The Balaban J connectivity index is 1.66. The van der Waals surface area contributed by atoms with Crippen LogP contribution < -0.4 is 27.0 Å². The van der Waals surface area contributed by atoms with Crippen molar-refractivity contribution in [2.75, 3.05) is 36.8 Å². The second-order valence-electron chi connectivity index (χ2n) is 5.88. The van der Waals surface area contributed by atoms with Crippen molar-refractivity contribution in [3.05, 3.63) is 34.4 Å². The molecule has 6 N–H and O–H groups in total. The first-order valence-electron chi connectivity index (χ1n) is 7.92. The Kier molecular flexibility index (Phi) is 5.23. The Morgan fingerprint density at radius 3 is 2.91 bits per heavy atom. The molecule has 1 fully saturated rings. The normalized spacial score (nSPS) is 22.5. The van der Waals surface area contributed by atoms with E-state index in [-0.39, 0.29) is 6.04 Å². The molecule has 0 radical (unpaired) electrons. The standard InChI is InChI=1S/C16H24BrN5/c17-12-1-2-14-15(7-12)22-16(10-21-14)11(8-18)9-20-13-3-5-19-6-4-13/h1-2,7,9,13,16,19-22H,3-6,8,10,18H2/b11-9+. The number of nitrogens with one attached hydrogen (secondary N) is 4. The molecule has 0 saturated carbocycles. The fourth-order valence-electron chi connectivity index (χ4n) is 2.98. The van der Waals surface area contributed by atoms with Crippen LogP contribution in [-0.2, 0) is 0 Å². The van der Waals surface area contributed by atoms with E-state index in [2.05, 4.69) is 55.5 Å². The van der Waals surface area contributed by atoms with Crippen LogP contribution in [0.15, 0.2) is 34.4 Å². The van der Waals surface area contributed by atoms with Crippen LogP contribution in [0.3, 0.4) is 0 Å². The van der Waals surface area contributed by atoms with Gasteiger partial charge in [0.15, 0.2) is 0 Å². The largest absolute Gasteiger partial charge is 0.388 e. The predicted octanol–water partition coefficient (Wildman–Crippen LogP) is 1.84. The molecule has 6 heteroatoms. The average molecular weight is 366 g/mol. The van der Waals surface area contributed by atoms with Crippen LogP contribution >= 0.6 is 15.9 Å². The molecule has 120 valence electrons. The summed E-state index contributed by atoms with van der Waals surface area (Å²) in [6.45, 7) is 3.59. The topological polar surface area (TPSA) is 74.1 Å². The lowest BCUT2D eigenvalue weighted by molar-refractivity contribution is 0.418. The van der Waals surface area contributed by atoms with Gasteiger partial charge in [0.05, 0.1) is 17.4 Å². The second kappa shape index (κ2) is 7.35. The molecule has 2 aliphatic rings. The molecular formula is C16H24BrN5. The van der Waals surface area contributed by atoms with Gasteiger partial charge in [-0.25, -0.2) is 0 Å². The summed E-state index contributed by atoms with van der Waals surface area (Å²) >= 11 is 3.52. The van der Waals surface area contributed by atoms with Crippen LogP contribution in [0.1, 0.15) is 12.8 Å². The molecule has 1 aromatic carbocycles. The lowest BCUT2D eigenvalue weighted by Gasteiger charge is -2.31. The fourth-order valence-corrected chi connectivity index (χ4v) is 3.34. The minimum atomic E-state index is 0.223. The van der Waals surface area contributed by atoms with Gasteiger partial charge in [-0.2, -0.15) is 0 Å². The maximum atomic E-state index is 5.97. The number of rotatable bonds is 4. The molecule has 0 spiro atoms. The lowest BCUT2D eigenvalue weighted by Crippen LogP contribution is -2.40. The van der Waals surface area contributed by atoms with E-state index in [1.807, 2.05) is 6.07 Å². The monoisotopic (exact) mass is 365 g/mol. The van der Waals surface area contributed by atoms with E-state index in [0.29, 0.717) is 12.6 Å². The molecule has 5 nitrogen and oxygen atoms in total. The first-order chi connectivity index (χ1) is 10.8. The third-order valence-electron chi connectivity index (χ3n) is 4.33. The zero-order valence-corrected chi connectivity index (χ0v) is 14.2. The van der Waals surface area contributed by atoms with Crippen molar-refractivity contribution in [2.45, 2.75) is 24.9 Å². The Hall–Kier alpha value is -1.24. The number of fused-ring (bicyclic) bond motifs is 1. The van der Waals surface area contributed by atoms with Gasteiger partial charge in [0.25, 0.3) is 0 Å². The van der Waals surface area contributed by atoms with E-state index >= 15 is 0 Å². The van der Waals surface area contributed by atoms with Crippen LogP contribution in [0.25, 0.3) is 0 Å². The molecule has 0 aromatic heterocycles. The number of nitrogens with two attached hydrogens (primary N) is 1. The summed E-state index contributed by atoms with van der Waals surface area (Å²) < 4.78 is 1.08. The maximum absolute atomic E-state index is 5.97. The zero-order valence-electron chi connectivity index (χ0n) is 12.7. The first kappa shape index (κ1) is 15.6. The highest BCUT2D eigenvalue weighted by Crippen LogP contribution is 2.30. The van der Waals surface area contributed by atoms with Crippen molar-refractivity contribution in [1.29, 1.82) is 0 Å². The molecule has 0 bridgehead atoms. The second-order valence-corrected chi connectivity index (χ2v) is 6.80. The average Bonchev–Trinajstić information content (AvgIpc) is 2.56. The van der Waals surface area contributed by atoms with E-state index in [1.54, 1.807) is 0 Å². The van der Waals surface area contributed by atoms with Gasteiger partial charge in [0.1, 0.15) is 0 Å². The van der Waals surface area contributed by atoms with Crippen LogP contribution in [0, 0.1) is 0 Å². The van der Waals surface area contributed by atoms with Crippen molar-refractivity contribution in [3.63, 3.8) is 0 Å². The van der Waals surface area contributed by atoms with Gasteiger partial charge in [-0.3, -0.25) is 0 Å². The minimum absolute atomic E-state index is 0.223. The molecule has 22 heavy (non-hydrogen) atoms. The molecule has 1 saturated heterocycles. The SMILES string of the molecule is NC/C(=C\NC1CCNCC1)C1CNc2ccc(Br)cc2N1. The molecular weight excluding hydrogens is 342 g/mol. The van der Waals surface area contributed by atoms with E-state index in [4.69, 9.17) is 5.73 Å². The van der Waals surface area contributed by atoms with E-state index in [0.717, 1.165) is 35.5 Å². The van der Waals surface area contributed by atoms with Gasteiger partial charge in [0.2, 0.25) is 0 Å². The van der Waals surface area contributed by atoms with Crippen LogP contribution in [0.5, 0.6) is 0 Å². The lowest BCUT2D eigenvalue weighted by atomic mass is 10.0.